The number of anilines is 3. The number of thiazole rings is 1. The number of halogens is 3. The lowest BCUT2D eigenvalue weighted by Crippen LogP contribution is -2.33. The summed E-state index contributed by atoms with van der Waals surface area (Å²) < 4.78 is 41.7. The number of rotatable bonds is 6. The molecule has 0 saturated carbocycles. The Balaban J connectivity index is 1.40. The molecule has 0 aliphatic carbocycles. The zero-order chi connectivity index (χ0) is 31.3. The highest BCUT2D eigenvalue weighted by Crippen LogP contribution is 2.54. The lowest BCUT2D eigenvalue weighted by molar-refractivity contribution is -0.137. The maximum atomic E-state index is 14.0. The van der Waals surface area contributed by atoms with Crippen molar-refractivity contribution in [1.82, 2.24) is 4.57 Å². The Morgan fingerprint density at radius 2 is 1.57 bits per heavy atom. The number of nitrogens with one attached hydrogen (secondary N) is 1. The van der Waals surface area contributed by atoms with E-state index >= 15 is 0 Å². The van der Waals surface area contributed by atoms with E-state index in [2.05, 4.69) is 5.32 Å². The van der Waals surface area contributed by atoms with Crippen LogP contribution in [0.5, 0.6) is 0 Å². The average Bonchev–Trinajstić information content (AvgIpc) is 3.43. The van der Waals surface area contributed by atoms with Gasteiger partial charge in [-0.2, -0.15) is 13.2 Å². The van der Waals surface area contributed by atoms with Crippen LogP contribution in [0, 0.1) is 5.92 Å². The maximum absolute atomic E-state index is 14.0. The van der Waals surface area contributed by atoms with Gasteiger partial charge in [0.15, 0.2) is 0 Å². The van der Waals surface area contributed by atoms with Gasteiger partial charge in [-0.1, -0.05) is 65.6 Å². The van der Waals surface area contributed by atoms with Gasteiger partial charge >= 0.3 is 11.0 Å². The number of amides is 3. The lowest BCUT2D eigenvalue weighted by Gasteiger charge is -2.31. The summed E-state index contributed by atoms with van der Waals surface area (Å²) in [6, 6.07) is 20.6. The highest BCUT2D eigenvalue weighted by atomic mass is 32.2. The maximum Gasteiger partial charge on any atom is 0.418 e. The van der Waals surface area contributed by atoms with Gasteiger partial charge in [0, 0.05) is 30.6 Å². The normalized spacial score (nSPS) is 19.5. The van der Waals surface area contributed by atoms with Crippen molar-refractivity contribution >= 4 is 57.9 Å². The van der Waals surface area contributed by atoms with E-state index in [0.717, 1.165) is 46.5 Å². The second kappa shape index (κ2) is 11.3. The van der Waals surface area contributed by atoms with Crippen molar-refractivity contribution in [2.45, 2.75) is 28.9 Å². The van der Waals surface area contributed by atoms with Gasteiger partial charge in [-0.05, 0) is 42.0 Å². The number of benzene rings is 3. The number of para-hydroxylation sites is 2. The second-order valence-electron chi connectivity index (χ2n) is 10.6. The molecule has 6 rings (SSSR count). The number of alkyl halides is 3. The highest BCUT2D eigenvalue weighted by Gasteiger charge is 2.56. The molecule has 1 saturated heterocycles. The smallest absolute Gasteiger partial charge is 0.378 e. The van der Waals surface area contributed by atoms with E-state index in [0.29, 0.717) is 15.6 Å². The molecule has 2 aliphatic heterocycles. The first-order chi connectivity index (χ1) is 21.0. The van der Waals surface area contributed by atoms with Crippen LogP contribution in [0.15, 0.2) is 88.7 Å². The fourth-order valence-electron chi connectivity index (χ4n) is 5.60. The summed E-state index contributed by atoms with van der Waals surface area (Å²) in [6.45, 7) is -0.571. The third-order valence-electron chi connectivity index (χ3n) is 7.64. The van der Waals surface area contributed by atoms with Crippen molar-refractivity contribution in [3.05, 3.63) is 105 Å². The Kier molecular flexibility index (Phi) is 7.62. The Hall–Kier alpha value is -4.36. The van der Waals surface area contributed by atoms with Gasteiger partial charge in [-0.15, -0.1) is 0 Å². The number of imide groups is 1. The van der Waals surface area contributed by atoms with Crippen LogP contribution in [0.4, 0.5) is 30.2 Å². The molecule has 3 aromatic carbocycles. The minimum atomic E-state index is -4.69. The summed E-state index contributed by atoms with van der Waals surface area (Å²) in [6.07, 6.45) is -4.69. The van der Waals surface area contributed by atoms with Crippen molar-refractivity contribution in [3.8, 4) is 0 Å². The molecule has 1 N–H and O–H groups in total. The lowest BCUT2D eigenvalue weighted by atomic mass is 9.83. The predicted octanol–water partition coefficient (Wildman–Crippen LogP) is 5.43. The molecule has 1 aromatic heterocycles. The topological polar surface area (TPSA) is 91.7 Å². The monoisotopic (exact) mass is 638 g/mol. The standard InChI is InChI=1S/C31H25F3N4O4S2/c1-36(2)18-14-12-17(13-15-18)23-24-25(28(41)38(27(24)40)19-8-4-3-5-9-19)43-29-26(23)44-30(42)37(29)16-22(39)35-21-11-7-6-10-20(21)31(32,33)34/h3-15,23-25H,16H2,1-2H3,(H,35,39)/t23-,24?,25?/m1/s1. The number of fused-ring (bicyclic) bond motifs is 2. The molecular formula is C31H25F3N4O4S2. The molecule has 13 heteroatoms. The number of carbonyl (C=O) groups excluding carboxylic acids is 3. The van der Waals surface area contributed by atoms with E-state index in [4.69, 9.17) is 0 Å². The number of carbonyl (C=O) groups is 3. The van der Waals surface area contributed by atoms with E-state index in [1.54, 1.807) is 30.3 Å². The molecule has 2 unspecified atom stereocenters. The van der Waals surface area contributed by atoms with E-state index in [9.17, 15) is 32.3 Å². The van der Waals surface area contributed by atoms with Crippen LogP contribution < -0.4 is 20.0 Å². The Bertz CT molecular complexity index is 1820. The largest absolute Gasteiger partial charge is 0.418 e. The van der Waals surface area contributed by atoms with Gasteiger partial charge in [-0.3, -0.25) is 23.7 Å². The second-order valence-corrected chi connectivity index (χ2v) is 12.7. The molecule has 0 spiro atoms. The minimum Gasteiger partial charge on any atom is -0.378 e. The van der Waals surface area contributed by atoms with Crippen LogP contribution in [0.2, 0.25) is 0 Å². The summed E-state index contributed by atoms with van der Waals surface area (Å²) in [5.74, 6) is -3.14. The van der Waals surface area contributed by atoms with Gasteiger partial charge < -0.3 is 10.2 Å². The first kappa shape index (κ1) is 29.7. The quantitative estimate of drug-likeness (QED) is 0.284. The van der Waals surface area contributed by atoms with Crippen LogP contribution in [0.25, 0.3) is 0 Å². The van der Waals surface area contributed by atoms with Crippen molar-refractivity contribution in [1.29, 1.82) is 0 Å². The van der Waals surface area contributed by atoms with Crippen LogP contribution in [-0.4, -0.2) is 41.6 Å². The molecule has 226 valence electrons. The fraction of sp³-hybridized carbons (Fsp3) is 0.226. The van der Waals surface area contributed by atoms with Crippen molar-refractivity contribution in [2.75, 3.05) is 29.2 Å². The molecule has 3 amide bonds. The third-order valence-corrected chi connectivity index (χ3v) is 10.2. The minimum absolute atomic E-state index is 0.346. The van der Waals surface area contributed by atoms with Gasteiger partial charge in [0.05, 0.1) is 27.9 Å². The Labute approximate surface area is 258 Å². The number of hydrogen-bond donors (Lipinski definition) is 1. The van der Waals surface area contributed by atoms with Crippen LogP contribution in [-0.2, 0) is 27.1 Å². The van der Waals surface area contributed by atoms with Gasteiger partial charge in [0.2, 0.25) is 17.7 Å². The molecule has 8 nitrogen and oxygen atoms in total. The van der Waals surface area contributed by atoms with Crippen LogP contribution in [0.1, 0.15) is 21.9 Å². The first-order valence-electron chi connectivity index (χ1n) is 13.5. The fourth-order valence-corrected chi connectivity index (χ4v) is 8.37. The molecule has 0 radical (unpaired) electrons. The number of hydrogen-bond acceptors (Lipinski definition) is 7. The van der Waals surface area contributed by atoms with Crippen molar-refractivity contribution in [3.63, 3.8) is 0 Å². The van der Waals surface area contributed by atoms with Crippen LogP contribution in [0.3, 0.4) is 0 Å². The summed E-state index contributed by atoms with van der Waals surface area (Å²) in [5, 5.41) is 1.74. The molecular weight excluding hydrogens is 613 g/mol. The molecule has 0 bridgehead atoms. The van der Waals surface area contributed by atoms with Crippen molar-refractivity contribution < 1.29 is 27.6 Å². The van der Waals surface area contributed by atoms with Gasteiger partial charge in [0.1, 0.15) is 11.8 Å². The molecule has 3 atom stereocenters. The Morgan fingerprint density at radius 3 is 2.23 bits per heavy atom. The molecule has 2 aliphatic rings. The third kappa shape index (κ3) is 5.19. The van der Waals surface area contributed by atoms with E-state index in [-0.39, 0.29) is 5.91 Å². The molecule has 3 heterocycles. The molecule has 1 fully saturated rings. The predicted molar refractivity (Wildman–Crippen MR) is 163 cm³/mol. The number of thioether (sulfide) groups is 1. The first-order valence-corrected chi connectivity index (χ1v) is 15.2. The zero-order valence-corrected chi connectivity index (χ0v) is 25.0. The van der Waals surface area contributed by atoms with E-state index in [1.165, 1.54) is 21.6 Å². The number of aromatic nitrogens is 1. The SMILES string of the molecule is CN(C)c1ccc([C@H]2c3sc(=O)n(CC(=O)Nc4ccccc4C(F)(F)F)c3SC3C(=O)N(c4ccccc4)C(=O)C32)cc1. The summed E-state index contributed by atoms with van der Waals surface area (Å²) in [5.41, 5.74) is 0.631. The van der Waals surface area contributed by atoms with Gasteiger partial charge in [-0.25, -0.2) is 4.90 Å². The van der Waals surface area contributed by atoms with E-state index < -0.39 is 57.7 Å². The molecule has 44 heavy (non-hydrogen) atoms. The summed E-state index contributed by atoms with van der Waals surface area (Å²) in [7, 11) is 3.78. The number of nitrogens with zero attached hydrogens (tertiary/aromatic N) is 3. The summed E-state index contributed by atoms with van der Waals surface area (Å²) in [4.78, 5) is 57.2. The van der Waals surface area contributed by atoms with Crippen LogP contribution >= 0.6 is 23.1 Å². The molecule has 4 aromatic rings. The average molecular weight is 639 g/mol. The highest BCUT2D eigenvalue weighted by molar-refractivity contribution is 8.00. The van der Waals surface area contributed by atoms with Gasteiger partial charge in [0.25, 0.3) is 0 Å². The summed E-state index contributed by atoms with van der Waals surface area (Å²) >= 11 is 1.91. The zero-order valence-electron chi connectivity index (χ0n) is 23.4. The van der Waals surface area contributed by atoms with E-state index in [1.807, 2.05) is 43.3 Å². The Morgan fingerprint density at radius 1 is 0.909 bits per heavy atom. The van der Waals surface area contributed by atoms with Crippen molar-refractivity contribution in [2.24, 2.45) is 5.92 Å².